The number of carbonyl (C=O) groups is 1. The van der Waals surface area contributed by atoms with Crippen molar-refractivity contribution in [3.8, 4) is 5.75 Å². The molecule has 0 saturated heterocycles. The van der Waals surface area contributed by atoms with Gasteiger partial charge in [-0.25, -0.2) is 4.98 Å². The number of carbonyl (C=O) groups excluding carboxylic acids is 1. The largest absolute Gasteiger partial charge is 0.494 e. The number of anilines is 1. The van der Waals surface area contributed by atoms with Gasteiger partial charge < -0.3 is 10.1 Å². The molecule has 0 aliphatic carbocycles. The third-order valence-corrected chi connectivity index (χ3v) is 3.66. The number of rotatable bonds is 6. The molecule has 0 aliphatic rings. The second kappa shape index (κ2) is 8.45. The van der Waals surface area contributed by atoms with E-state index in [0.29, 0.717) is 17.3 Å². The predicted octanol–water partition coefficient (Wildman–Crippen LogP) is 3.45. The second-order valence-electron chi connectivity index (χ2n) is 4.47. The molecule has 0 saturated carbocycles. The van der Waals surface area contributed by atoms with Crippen LogP contribution in [0.15, 0.2) is 35.8 Å². The number of thiazole rings is 1. The smallest absolute Gasteiger partial charge is 0.257 e. The van der Waals surface area contributed by atoms with Crippen LogP contribution in [0.2, 0.25) is 0 Å². The van der Waals surface area contributed by atoms with Crippen LogP contribution in [0.5, 0.6) is 5.75 Å². The lowest BCUT2D eigenvalue weighted by Crippen LogP contribution is -2.34. The first-order valence-corrected chi connectivity index (χ1v) is 8.22. The van der Waals surface area contributed by atoms with Gasteiger partial charge in [0, 0.05) is 17.1 Å². The molecule has 1 heterocycles. The highest BCUT2D eigenvalue weighted by molar-refractivity contribution is 7.80. The van der Waals surface area contributed by atoms with Crippen molar-refractivity contribution in [2.75, 3.05) is 11.9 Å². The van der Waals surface area contributed by atoms with Crippen LogP contribution < -0.4 is 15.4 Å². The minimum absolute atomic E-state index is 0.225. The van der Waals surface area contributed by atoms with Crippen molar-refractivity contribution in [3.63, 3.8) is 0 Å². The van der Waals surface area contributed by atoms with Gasteiger partial charge in [-0.15, -0.1) is 11.3 Å². The standard InChI is InChI=1S/C15H17N3O2S2/c1-2-3-9-20-12-6-4-11(5-7-12)13(19)17-14(21)18-15-16-8-10-22-15/h4-8,10H,2-3,9H2,1H3,(H2,16,17,18,19,21). The van der Waals surface area contributed by atoms with Crippen LogP contribution >= 0.6 is 23.6 Å². The van der Waals surface area contributed by atoms with Crippen LogP contribution in [0.4, 0.5) is 5.13 Å². The molecule has 2 N–H and O–H groups in total. The van der Waals surface area contributed by atoms with Gasteiger partial charge in [-0.3, -0.25) is 10.1 Å². The molecule has 1 aromatic carbocycles. The summed E-state index contributed by atoms with van der Waals surface area (Å²) < 4.78 is 5.56. The van der Waals surface area contributed by atoms with Crippen LogP contribution in [0, 0.1) is 0 Å². The normalized spacial score (nSPS) is 10.0. The third kappa shape index (κ3) is 5.09. The minimum atomic E-state index is -0.269. The van der Waals surface area contributed by atoms with E-state index in [4.69, 9.17) is 17.0 Å². The average molecular weight is 335 g/mol. The van der Waals surface area contributed by atoms with E-state index in [1.807, 2.05) is 5.38 Å². The summed E-state index contributed by atoms with van der Waals surface area (Å²) in [7, 11) is 0. The van der Waals surface area contributed by atoms with Crippen LogP contribution in [0.3, 0.4) is 0 Å². The Hall–Kier alpha value is -1.99. The Morgan fingerprint density at radius 2 is 2.14 bits per heavy atom. The molecule has 0 unspecified atom stereocenters. The number of unbranched alkanes of at least 4 members (excludes halogenated alkanes) is 1. The number of benzene rings is 1. The first kappa shape index (κ1) is 16.4. The van der Waals surface area contributed by atoms with Gasteiger partial charge in [-0.05, 0) is 42.9 Å². The maximum absolute atomic E-state index is 12.1. The quantitative estimate of drug-likeness (QED) is 0.625. The average Bonchev–Trinajstić information content (AvgIpc) is 3.01. The molecule has 7 heteroatoms. The fraction of sp³-hybridized carbons (Fsp3) is 0.267. The molecular formula is C15H17N3O2S2. The molecule has 0 radical (unpaired) electrons. The molecule has 1 amide bonds. The van der Waals surface area contributed by atoms with Gasteiger partial charge in [0.05, 0.1) is 6.61 Å². The van der Waals surface area contributed by atoms with Gasteiger partial charge in [0.25, 0.3) is 5.91 Å². The van der Waals surface area contributed by atoms with Gasteiger partial charge in [-0.1, -0.05) is 13.3 Å². The molecular weight excluding hydrogens is 318 g/mol. The molecule has 2 rings (SSSR count). The molecule has 22 heavy (non-hydrogen) atoms. The second-order valence-corrected chi connectivity index (χ2v) is 5.77. The molecule has 2 aromatic rings. The molecule has 5 nitrogen and oxygen atoms in total. The topological polar surface area (TPSA) is 63.2 Å². The van der Waals surface area contributed by atoms with Crippen LogP contribution in [-0.2, 0) is 0 Å². The van der Waals surface area contributed by atoms with Gasteiger partial charge in [0.1, 0.15) is 5.75 Å². The lowest BCUT2D eigenvalue weighted by Gasteiger charge is -2.08. The molecule has 0 aliphatic heterocycles. The molecule has 116 valence electrons. The maximum Gasteiger partial charge on any atom is 0.257 e. The van der Waals surface area contributed by atoms with Crippen LogP contribution in [0.25, 0.3) is 0 Å². The van der Waals surface area contributed by atoms with Crippen LogP contribution in [-0.4, -0.2) is 22.6 Å². The van der Waals surface area contributed by atoms with Crippen molar-refractivity contribution in [1.29, 1.82) is 0 Å². The summed E-state index contributed by atoms with van der Waals surface area (Å²) in [4.78, 5) is 16.1. The number of hydrogen-bond donors (Lipinski definition) is 2. The van der Waals surface area contributed by atoms with Crippen molar-refractivity contribution in [3.05, 3.63) is 41.4 Å². The van der Waals surface area contributed by atoms with E-state index in [9.17, 15) is 4.79 Å². The SMILES string of the molecule is CCCCOc1ccc(C(=O)NC(=S)Nc2nccs2)cc1. The Morgan fingerprint density at radius 3 is 2.77 bits per heavy atom. The van der Waals surface area contributed by atoms with Crippen molar-refractivity contribution in [2.45, 2.75) is 19.8 Å². The van der Waals surface area contributed by atoms with Gasteiger partial charge in [0.15, 0.2) is 10.2 Å². The van der Waals surface area contributed by atoms with E-state index in [2.05, 4.69) is 22.5 Å². The Labute approximate surface area is 138 Å². The summed E-state index contributed by atoms with van der Waals surface area (Å²) in [6.45, 7) is 2.79. The van der Waals surface area contributed by atoms with E-state index in [1.54, 1.807) is 30.5 Å². The lowest BCUT2D eigenvalue weighted by molar-refractivity contribution is 0.0977. The zero-order valence-electron chi connectivity index (χ0n) is 12.2. The highest BCUT2D eigenvalue weighted by atomic mass is 32.1. The number of thiocarbonyl (C=S) groups is 1. The molecule has 0 bridgehead atoms. The monoisotopic (exact) mass is 335 g/mol. The van der Waals surface area contributed by atoms with E-state index >= 15 is 0 Å². The maximum atomic E-state index is 12.1. The zero-order valence-corrected chi connectivity index (χ0v) is 13.8. The van der Waals surface area contributed by atoms with Crippen molar-refractivity contribution >= 4 is 39.7 Å². The van der Waals surface area contributed by atoms with Gasteiger partial charge in [0.2, 0.25) is 0 Å². The highest BCUT2D eigenvalue weighted by Gasteiger charge is 2.08. The number of nitrogens with zero attached hydrogens (tertiary/aromatic N) is 1. The van der Waals surface area contributed by atoms with Crippen LogP contribution in [0.1, 0.15) is 30.1 Å². The zero-order chi connectivity index (χ0) is 15.8. The summed E-state index contributed by atoms with van der Waals surface area (Å²) in [5.74, 6) is 0.489. The van der Waals surface area contributed by atoms with Gasteiger partial charge in [-0.2, -0.15) is 0 Å². The van der Waals surface area contributed by atoms with E-state index < -0.39 is 0 Å². The summed E-state index contributed by atoms with van der Waals surface area (Å²) in [6, 6.07) is 6.98. The Kier molecular flexibility index (Phi) is 6.29. The Bertz CT molecular complexity index is 612. The number of hydrogen-bond acceptors (Lipinski definition) is 5. The fourth-order valence-electron chi connectivity index (χ4n) is 1.63. The summed E-state index contributed by atoms with van der Waals surface area (Å²) >= 11 is 6.48. The Balaban J connectivity index is 1.85. The number of nitrogens with one attached hydrogen (secondary N) is 2. The number of aromatic nitrogens is 1. The third-order valence-electron chi connectivity index (χ3n) is 2.76. The van der Waals surface area contributed by atoms with Crippen molar-refractivity contribution < 1.29 is 9.53 Å². The number of ether oxygens (including phenoxy) is 1. The first-order chi connectivity index (χ1) is 10.7. The van der Waals surface area contributed by atoms with E-state index in [1.165, 1.54) is 11.3 Å². The van der Waals surface area contributed by atoms with E-state index in [-0.39, 0.29) is 11.0 Å². The van der Waals surface area contributed by atoms with Crippen molar-refractivity contribution in [1.82, 2.24) is 10.3 Å². The highest BCUT2D eigenvalue weighted by Crippen LogP contribution is 2.13. The Morgan fingerprint density at radius 1 is 1.36 bits per heavy atom. The molecule has 0 fully saturated rings. The van der Waals surface area contributed by atoms with Gasteiger partial charge >= 0.3 is 0 Å². The predicted molar refractivity (Wildman–Crippen MR) is 92.6 cm³/mol. The minimum Gasteiger partial charge on any atom is -0.494 e. The molecule has 0 atom stereocenters. The lowest BCUT2D eigenvalue weighted by atomic mass is 10.2. The number of amides is 1. The van der Waals surface area contributed by atoms with Crippen molar-refractivity contribution in [2.24, 2.45) is 0 Å². The first-order valence-electron chi connectivity index (χ1n) is 6.93. The fourth-order valence-corrected chi connectivity index (χ4v) is 2.41. The summed E-state index contributed by atoms with van der Waals surface area (Å²) in [6.07, 6.45) is 3.76. The molecule has 1 aromatic heterocycles. The molecule has 0 spiro atoms. The summed E-state index contributed by atoms with van der Waals surface area (Å²) in [5.41, 5.74) is 0.520. The van der Waals surface area contributed by atoms with E-state index in [0.717, 1.165) is 18.6 Å². The summed E-state index contributed by atoms with van der Waals surface area (Å²) in [5, 5.41) is 8.16.